The molecule has 0 aliphatic carbocycles. The number of hydrogen-bond acceptors (Lipinski definition) is 6. The van der Waals surface area contributed by atoms with Crippen molar-refractivity contribution >= 4 is 22.8 Å². The molecule has 4 aromatic rings. The quantitative estimate of drug-likeness (QED) is 0.453. The fourth-order valence-electron chi connectivity index (χ4n) is 3.24. The predicted molar refractivity (Wildman–Crippen MR) is 109 cm³/mol. The number of methoxy groups -OCH3 is 1. The van der Waals surface area contributed by atoms with E-state index in [4.69, 9.17) is 4.74 Å². The average Bonchev–Trinajstić information content (AvgIpc) is 3.41. The van der Waals surface area contributed by atoms with Crippen LogP contribution in [0.1, 0.15) is 5.56 Å². The van der Waals surface area contributed by atoms with E-state index >= 15 is 0 Å². The summed E-state index contributed by atoms with van der Waals surface area (Å²) in [5.74, 6) is -0.515. The Hall–Kier alpha value is -4.01. The molecule has 2 N–H and O–H groups in total. The number of benzene rings is 2. The second kappa shape index (κ2) is 8.56. The van der Waals surface area contributed by atoms with E-state index in [0.29, 0.717) is 12.2 Å². The van der Waals surface area contributed by atoms with Crippen molar-refractivity contribution in [3.05, 3.63) is 66.4 Å². The molecule has 0 saturated carbocycles. The third kappa shape index (κ3) is 4.19. The summed E-state index contributed by atoms with van der Waals surface area (Å²) in [6.07, 6.45) is 2.13. The molecule has 9 heteroatoms. The van der Waals surface area contributed by atoms with Gasteiger partial charge in [0.1, 0.15) is 12.6 Å². The van der Waals surface area contributed by atoms with Crippen LogP contribution in [0.25, 0.3) is 22.3 Å². The van der Waals surface area contributed by atoms with E-state index in [9.17, 15) is 9.59 Å². The van der Waals surface area contributed by atoms with Crippen molar-refractivity contribution in [2.24, 2.45) is 0 Å². The van der Waals surface area contributed by atoms with Gasteiger partial charge >= 0.3 is 5.97 Å². The monoisotopic (exact) mass is 404 g/mol. The van der Waals surface area contributed by atoms with Gasteiger partial charge in [0, 0.05) is 29.1 Å². The Bertz CT molecular complexity index is 1170. The Morgan fingerprint density at radius 2 is 1.90 bits per heavy atom. The van der Waals surface area contributed by atoms with Gasteiger partial charge in [0.15, 0.2) is 0 Å². The zero-order chi connectivity index (χ0) is 20.9. The van der Waals surface area contributed by atoms with Gasteiger partial charge in [-0.15, -0.1) is 10.2 Å². The lowest BCUT2D eigenvalue weighted by atomic mass is 10.0. The summed E-state index contributed by atoms with van der Waals surface area (Å²) in [5.41, 5.74) is 2.67. The molecule has 4 rings (SSSR count). The molecular weight excluding hydrogens is 384 g/mol. The first-order valence-electron chi connectivity index (χ1n) is 9.39. The Morgan fingerprint density at radius 1 is 1.13 bits per heavy atom. The zero-order valence-electron chi connectivity index (χ0n) is 16.3. The van der Waals surface area contributed by atoms with Crippen molar-refractivity contribution in [2.45, 2.75) is 19.0 Å². The molecule has 1 amide bonds. The van der Waals surface area contributed by atoms with Crippen molar-refractivity contribution < 1.29 is 14.3 Å². The van der Waals surface area contributed by atoms with Crippen molar-refractivity contribution in [1.82, 2.24) is 30.5 Å². The number of carbonyl (C=O) groups excluding carboxylic acids is 2. The lowest BCUT2D eigenvalue weighted by Crippen LogP contribution is -2.44. The van der Waals surface area contributed by atoms with Crippen LogP contribution in [0.15, 0.2) is 60.8 Å². The maximum atomic E-state index is 12.5. The molecule has 2 heterocycles. The molecule has 0 unspecified atom stereocenters. The molecule has 2 aromatic carbocycles. The van der Waals surface area contributed by atoms with Crippen LogP contribution in [0, 0.1) is 0 Å². The van der Waals surface area contributed by atoms with Crippen molar-refractivity contribution in [1.29, 1.82) is 0 Å². The van der Waals surface area contributed by atoms with Gasteiger partial charge in [-0.1, -0.05) is 48.5 Å². The molecule has 0 aliphatic heterocycles. The first-order valence-corrected chi connectivity index (χ1v) is 9.39. The molecule has 0 spiro atoms. The summed E-state index contributed by atoms with van der Waals surface area (Å²) in [6.45, 7) is -0.165. The fourth-order valence-corrected chi connectivity index (χ4v) is 3.24. The molecule has 152 valence electrons. The highest BCUT2D eigenvalue weighted by Gasteiger charge is 2.24. The SMILES string of the molecule is COC(=O)[C@@H](Cc1c[nH]c2ccccc12)NC(=O)Cn1nnc(-c2ccccc2)n1. The number of nitrogens with one attached hydrogen (secondary N) is 2. The molecule has 30 heavy (non-hydrogen) atoms. The number of fused-ring (bicyclic) bond motifs is 1. The fraction of sp³-hybridized carbons (Fsp3) is 0.190. The highest BCUT2D eigenvalue weighted by molar-refractivity contribution is 5.87. The minimum absolute atomic E-state index is 0.165. The van der Waals surface area contributed by atoms with Gasteiger partial charge in [-0.3, -0.25) is 4.79 Å². The minimum atomic E-state index is -0.834. The van der Waals surface area contributed by atoms with E-state index in [-0.39, 0.29) is 6.54 Å². The summed E-state index contributed by atoms with van der Waals surface area (Å²) in [7, 11) is 1.29. The number of rotatable bonds is 7. The van der Waals surface area contributed by atoms with Crippen LogP contribution in [-0.2, 0) is 27.3 Å². The number of hydrogen-bond donors (Lipinski definition) is 2. The van der Waals surface area contributed by atoms with Gasteiger partial charge in [-0.2, -0.15) is 4.80 Å². The number of nitrogens with zero attached hydrogens (tertiary/aromatic N) is 4. The van der Waals surface area contributed by atoms with Crippen LogP contribution >= 0.6 is 0 Å². The van der Waals surface area contributed by atoms with E-state index in [2.05, 4.69) is 25.7 Å². The third-order valence-corrected chi connectivity index (χ3v) is 4.69. The average molecular weight is 404 g/mol. The van der Waals surface area contributed by atoms with E-state index in [1.807, 2.05) is 60.8 Å². The third-order valence-electron chi connectivity index (χ3n) is 4.69. The van der Waals surface area contributed by atoms with Crippen LogP contribution in [0.3, 0.4) is 0 Å². The lowest BCUT2D eigenvalue weighted by molar-refractivity contribution is -0.145. The van der Waals surface area contributed by atoms with Gasteiger partial charge in [0.05, 0.1) is 7.11 Å². The molecule has 9 nitrogen and oxygen atoms in total. The topological polar surface area (TPSA) is 115 Å². The zero-order valence-corrected chi connectivity index (χ0v) is 16.3. The van der Waals surface area contributed by atoms with Crippen LogP contribution in [-0.4, -0.2) is 50.2 Å². The van der Waals surface area contributed by atoms with E-state index in [1.54, 1.807) is 0 Å². The summed E-state index contributed by atoms with van der Waals surface area (Å²) < 4.78 is 4.87. The van der Waals surface area contributed by atoms with Crippen LogP contribution in [0.5, 0.6) is 0 Å². The molecule has 1 atom stereocenters. The summed E-state index contributed by atoms with van der Waals surface area (Å²) in [5, 5.41) is 15.8. The minimum Gasteiger partial charge on any atom is -0.467 e. The Morgan fingerprint density at radius 3 is 2.70 bits per heavy atom. The normalized spacial score (nSPS) is 11.9. The lowest BCUT2D eigenvalue weighted by Gasteiger charge is -2.16. The van der Waals surface area contributed by atoms with Crippen molar-refractivity contribution in [3.8, 4) is 11.4 Å². The molecule has 0 radical (unpaired) electrons. The second-order valence-electron chi connectivity index (χ2n) is 6.72. The largest absolute Gasteiger partial charge is 0.467 e. The highest BCUT2D eigenvalue weighted by Crippen LogP contribution is 2.19. The number of tetrazole rings is 1. The maximum Gasteiger partial charge on any atom is 0.328 e. The molecule has 2 aromatic heterocycles. The first-order chi connectivity index (χ1) is 14.6. The van der Waals surface area contributed by atoms with Gasteiger partial charge < -0.3 is 15.0 Å². The number of H-pyrrole nitrogens is 1. The number of esters is 1. The first kappa shape index (κ1) is 19.3. The van der Waals surface area contributed by atoms with Gasteiger partial charge in [-0.05, 0) is 16.8 Å². The van der Waals surface area contributed by atoms with Gasteiger partial charge in [-0.25, -0.2) is 4.79 Å². The van der Waals surface area contributed by atoms with E-state index < -0.39 is 17.9 Å². The summed E-state index contributed by atoms with van der Waals surface area (Å²) in [4.78, 5) is 29.1. The highest BCUT2D eigenvalue weighted by atomic mass is 16.5. The molecule has 0 saturated heterocycles. The number of aromatic nitrogens is 5. The van der Waals surface area contributed by atoms with Gasteiger partial charge in [0.25, 0.3) is 0 Å². The van der Waals surface area contributed by atoms with Crippen LogP contribution in [0.2, 0.25) is 0 Å². The Balaban J connectivity index is 1.45. The summed E-state index contributed by atoms with van der Waals surface area (Å²) >= 11 is 0. The standard InChI is InChI=1S/C21H20N6O3/c1-30-21(29)18(11-15-12-22-17-10-6-5-9-16(15)17)23-19(28)13-27-25-20(24-26-27)14-7-3-2-4-8-14/h2-10,12,18,22H,11,13H2,1H3,(H,23,28)/t18-/m1/s1. The van der Waals surface area contributed by atoms with Crippen LogP contribution in [0.4, 0.5) is 0 Å². The van der Waals surface area contributed by atoms with Gasteiger partial charge in [0.2, 0.25) is 11.7 Å². The van der Waals surface area contributed by atoms with E-state index in [0.717, 1.165) is 22.0 Å². The number of aromatic amines is 1. The molecular formula is C21H20N6O3. The number of ether oxygens (including phenoxy) is 1. The second-order valence-corrected chi connectivity index (χ2v) is 6.72. The number of carbonyl (C=O) groups is 2. The molecule has 0 aliphatic rings. The Labute approximate surface area is 172 Å². The predicted octanol–water partition coefficient (Wildman–Crippen LogP) is 1.72. The van der Waals surface area contributed by atoms with Crippen molar-refractivity contribution in [3.63, 3.8) is 0 Å². The van der Waals surface area contributed by atoms with Crippen LogP contribution < -0.4 is 5.32 Å². The number of amides is 1. The summed E-state index contributed by atoms with van der Waals surface area (Å²) in [6, 6.07) is 16.3. The maximum absolute atomic E-state index is 12.5. The smallest absolute Gasteiger partial charge is 0.328 e. The molecule has 0 bridgehead atoms. The van der Waals surface area contributed by atoms with E-state index in [1.165, 1.54) is 11.9 Å². The van der Waals surface area contributed by atoms with Crippen molar-refractivity contribution in [2.75, 3.05) is 7.11 Å². The number of para-hydroxylation sites is 1. The Kier molecular flexibility index (Phi) is 5.51. The molecule has 0 fully saturated rings.